The lowest BCUT2D eigenvalue weighted by molar-refractivity contribution is 0.0841. The molecule has 1 atom stereocenters. The predicted molar refractivity (Wildman–Crippen MR) is 96.7 cm³/mol. The minimum Gasteiger partial charge on any atom is -0.429 e. The van der Waals surface area contributed by atoms with Crippen LogP contribution in [0.25, 0.3) is 0 Å². The second kappa shape index (κ2) is 5.71. The van der Waals surface area contributed by atoms with Crippen molar-refractivity contribution in [2.24, 2.45) is 0 Å². The number of aryl methyl sites for hydroxylation is 1. The summed E-state index contributed by atoms with van der Waals surface area (Å²) in [5, 5.41) is 0.0275. The summed E-state index contributed by atoms with van der Waals surface area (Å²) in [7, 11) is 4.80. The molecule has 0 saturated heterocycles. The van der Waals surface area contributed by atoms with Gasteiger partial charge < -0.3 is 4.65 Å². The van der Waals surface area contributed by atoms with E-state index in [9.17, 15) is 0 Å². The Morgan fingerprint density at radius 1 is 1.19 bits per heavy atom. The van der Waals surface area contributed by atoms with E-state index in [-0.39, 0.29) is 10.8 Å². The highest BCUT2D eigenvalue weighted by Crippen LogP contribution is 2.36. The maximum Gasteiger partial charge on any atom is 0.330 e. The van der Waals surface area contributed by atoms with Crippen LogP contribution in [0.5, 0.6) is 0 Å². The van der Waals surface area contributed by atoms with Crippen LogP contribution in [0.15, 0.2) is 18.2 Å². The van der Waals surface area contributed by atoms with E-state index in [0.29, 0.717) is 5.41 Å². The van der Waals surface area contributed by atoms with Gasteiger partial charge >= 0.3 is 7.48 Å². The zero-order valence-corrected chi connectivity index (χ0v) is 15.6. The van der Waals surface area contributed by atoms with Crippen molar-refractivity contribution in [3.05, 3.63) is 29.3 Å². The zero-order chi connectivity index (χ0) is 15.9. The lowest BCUT2D eigenvalue weighted by Crippen LogP contribution is -2.45. The molecule has 0 bridgehead atoms. The first-order valence-corrected chi connectivity index (χ1v) is 8.54. The molecule has 0 saturated carbocycles. The highest BCUT2D eigenvalue weighted by molar-refractivity contribution is 7.19. The fourth-order valence-electron chi connectivity index (χ4n) is 2.78. The highest BCUT2D eigenvalue weighted by Gasteiger charge is 2.34. The van der Waals surface area contributed by atoms with Gasteiger partial charge in [-0.15, -0.1) is 9.24 Å². The summed E-state index contributed by atoms with van der Waals surface area (Å²) in [5.74, 6) is 0. The van der Waals surface area contributed by atoms with Gasteiger partial charge in [0.1, 0.15) is 0 Å². The minimum atomic E-state index is -0.215. The Balaban J connectivity index is 2.14. The van der Waals surface area contributed by atoms with Crippen LogP contribution in [-0.2, 0) is 16.5 Å². The third-order valence-electron chi connectivity index (χ3n) is 5.15. The summed E-state index contributed by atoms with van der Waals surface area (Å²) in [6.45, 7) is 13.3. The quantitative estimate of drug-likeness (QED) is 0.603. The van der Waals surface area contributed by atoms with Crippen LogP contribution >= 0.6 is 9.24 Å². The Bertz CT molecular complexity index is 514. The molecule has 0 fully saturated rings. The molecule has 1 radical (unpaired) electrons. The molecule has 2 rings (SSSR count). The standard InChI is InChI=1S/C18H29BOP/c1-16(2)11-7-8-13-12-14(9-10-15(13)16)19-20-17(3,4)18(5,6)21/h9-10,12H,7-8,11,21H2,1-6H3. The average Bonchev–Trinajstić information content (AvgIpc) is 2.34. The second-order valence-corrected chi connectivity index (χ2v) is 9.57. The molecule has 0 spiro atoms. The van der Waals surface area contributed by atoms with Gasteiger partial charge in [0.05, 0.1) is 5.60 Å². The van der Waals surface area contributed by atoms with E-state index in [4.69, 9.17) is 4.65 Å². The van der Waals surface area contributed by atoms with Crippen molar-refractivity contribution in [3.63, 3.8) is 0 Å². The van der Waals surface area contributed by atoms with Crippen molar-refractivity contribution in [1.82, 2.24) is 0 Å². The van der Waals surface area contributed by atoms with Crippen LogP contribution in [0, 0.1) is 0 Å². The van der Waals surface area contributed by atoms with Gasteiger partial charge in [-0.3, -0.25) is 0 Å². The highest BCUT2D eigenvalue weighted by atomic mass is 31.0. The van der Waals surface area contributed by atoms with Crippen LogP contribution in [0.4, 0.5) is 0 Å². The first-order chi connectivity index (χ1) is 9.53. The molecule has 1 aromatic rings. The van der Waals surface area contributed by atoms with Crippen LogP contribution in [-0.4, -0.2) is 18.2 Å². The first kappa shape index (κ1) is 17.0. The SMILES string of the molecule is CC1(C)CCCc2cc([B]OC(C)(C)C(C)(C)P)ccc21. The summed E-state index contributed by atoms with van der Waals surface area (Å²) in [6, 6.07) is 6.79. The lowest BCUT2D eigenvalue weighted by atomic mass is 9.71. The Hall–Kier alpha value is -0.325. The summed E-state index contributed by atoms with van der Waals surface area (Å²) >= 11 is 0. The van der Waals surface area contributed by atoms with E-state index >= 15 is 0 Å². The smallest absolute Gasteiger partial charge is 0.330 e. The summed E-state index contributed by atoms with van der Waals surface area (Å²) in [5.41, 5.74) is 4.28. The van der Waals surface area contributed by atoms with Gasteiger partial charge in [0.15, 0.2) is 0 Å². The van der Waals surface area contributed by atoms with E-state index in [1.807, 2.05) is 7.48 Å². The molecular formula is C18H29BOP. The van der Waals surface area contributed by atoms with Gasteiger partial charge in [0.2, 0.25) is 0 Å². The van der Waals surface area contributed by atoms with Crippen molar-refractivity contribution in [2.45, 2.75) is 77.0 Å². The zero-order valence-electron chi connectivity index (χ0n) is 14.4. The van der Waals surface area contributed by atoms with Crippen molar-refractivity contribution < 1.29 is 4.65 Å². The second-order valence-electron chi connectivity index (χ2n) is 8.12. The van der Waals surface area contributed by atoms with Crippen LogP contribution in [0.3, 0.4) is 0 Å². The largest absolute Gasteiger partial charge is 0.429 e. The van der Waals surface area contributed by atoms with E-state index < -0.39 is 0 Å². The number of fused-ring (bicyclic) bond motifs is 1. The van der Waals surface area contributed by atoms with Crippen LogP contribution in [0.2, 0.25) is 0 Å². The van der Waals surface area contributed by atoms with Crippen molar-refractivity contribution >= 4 is 22.2 Å². The summed E-state index contributed by atoms with van der Waals surface area (Å²) in [4.78, 5) is 0. The monoisotopic (exact) mass is 303 g/mol. The molecular weight excluding hydrogens is 274 g/mol. The molecule has 1 aliphatic rings. The molecule has 3 heteroatoms. The number of hydrogen-bond acceptors (Lipinski definition) is 1. The molecule has 1 aliphatic carbocycles. The predicted octanol–water partition coefficient (Wildman–Crippen LogP) is 3.99. The van der Waals surface area contributed by atoms with Gasteiger partial charge in [0.25, 0.3) is 0 Å². The lowest BCUT2D eigenvalue weighted by Gasteiger charge is -2.39. The van der Waals surface area contributed by atoms with E-state index in [1.54, 1.807) is 0 Å². The number of benzene rings is 1. The number of hydrogen-bond donors (Lipinski definition) is 0. The fourth-order valence-corrected chi connectivity index (χ4v) is 2.84. The Morgan fingerprint density at radius 3 is 2.48 bits per heavy atom. The van der Waals surface area contributed by atoms with Crippen molar-refractivity contribution in [1.29, 1.82) is 0 Å². The van der Waals surface area contributed by atoms with Gasteiger partial charge in [0, 0.05) is 5.16 Å². The molecule has 0 N–H and O–H groups in total. The minimum absolute atomic E-state index is 0.0275. The van der Waals surface area contributed by atoms with Crippen molar-refractivity contribution in [3.8, 4) is 0 Å². The molecule has 1 aromatic carbocycles. The Morgan fingerprint density at radius 2 is 1.86 bits per heavy atom. The fraction of sp³-hybridized carbons (Fsp3) is 0.667. The molecule has 0 aromatic heterocycles. The summed E-state index contributed by atoms with van der Waals surface area (Å²) < 4.78 is 6.08. The molecule has 0 heterocycles. The molecule has 1 unspecified atom stereocenters. The Labute approximate surface area is 133 Å². The van der Waals surface area contributed by atoms with Gasteiger partial charge in [-0.05, 0) is 49.7 Å². The molecule has 21 heavy (non-hydrogen) atoms. The van der Waals surface area contributed by atoms with Gasteiger partial charge in [-0.1, -0.05) is 51.4 Å². The average molecular weight is 303 g/mol. The molecule has 115 valence electrons. The van der Waals surface area contributed by atoms with Crippen molar-refractivity contribution in [2.75, 3.05) is 0 Å². The molecule has 0 amide bonds. The van der Waals surface area contributed by atoms with Crippen LogP contribution < -0.4 is 5.46 Å². The first-order valence-electron chi connectivity index (χ1n) is 7.96. The maximum absolute atomic E-state index is 6.08. The van der Waals surface area contributed by atoms with E-state index in [2.05, 4.69) is 69.0 Å². The molecule has 1 nitrogen and oxygen atoms in total. The number of rotatable bonds is 4. The third kappa shape index (κ3) is 3.72. The van der Waals surface area contributed by atoms with Gasteiger partial charge in [-0.2, -0.15) is 0 Å². The molecule has 0 aliphatic heterocycles. The summed E-state index contributed by atoms with van der Waals surface area (Å²) in [6.07, 6.45) is 3.77. The Kier molecular flexibility index (Phi) is 4.63. The topological polar surface area (TPSA) is 9.23 Å². The normalized spacial score (nSPS) is 18.2. The maximum atomic E-state index is 6.08. The van der Waals surface area contributed by atoms with E-state index in [0.717, 1.165) is 0 Å². The van der Waals surface area contributed by atoms with Gasteiger partial charge in [-0.25, -0.2) is 0 Å². The third-order valence-corrected chi connectivity index (χ3v) is 5.84. The van der Waals surface area contributed by atoms with Crippen LogP contribution in [0.1, 0.15) is 65.5 Å². The van der Waals surface area contributed by atoms with E-state index in [1.165, 1.54) is 35.9 Å².